The third-order valence-corrected chi connectivity index (χ3v) is 5.09. The molecule has 0 fully saturated rings. The summed E-state index contributed by atoms with van der Waals surface area (Å²) in [7, 11) is 0. The molecule has 4 nitrogen and oxygen atoms in total. The molecule has 0 unspecified atom stereocenters. The lowest BCUT2D eigenvalue weighted by atomic mass is 10.1. The number of imidazole rings is 1. The number of carbonyl (C=O) groups is 1. The van der Waals surface area contributed by atoms with Gasteiger partial charge in [0, 0.05) is 13.1 Å². The van der Waals surface area contributed by atoms with Crippen LogP contribution in [0.3, 0.4) is 0 Å². The number of aromatic nitrogens is 2. The summed E-state index contributed by atoms with van der Waals surface area (Å²) < 4.78 is 44.3. The van der Waals surface area contributed by atoms with E-state index < -0.39 is 28.9 Å². The second kappa shape index (κ2) is 9.78. The van der Waals surface area contributed by atoms with Gasteiger partial charge in [0.15, 0.2) is 11.6 Å². The van der Waals surface area contributed by atoms with Gasteiger partial charge in [-0.05, 0) is 37.1 Å². The highest BCUT2D eigenvalue weighted by atomic mass is 19.2. The molecule has 0 aliphatic rings. The van der Waals surface area contributed by atoms with Crippen molar-refractivity contribution < 1.29 is 18.0 Å². The minimum Gasteiger partial charge on any atom is -0.331 e. The predicted molar refractivity (Wildman–Crippen MR) is 111 cm³/mol. The van der Waals surface area contributed by atoms with Crippen molar-refractivity contribution in [2.45, 2.75) is 52.6 Å². The fourth-order valence-corrected chi connectivity index (χ4v) is 3.58. The molecule has 0 atom stereocenters. The SMILES string of the molecule is CCCCCN(Cc1nc2ccccc2n1CCC)C(=O)c1c(F)ccc(F)c1F. The maximum absolute atomic E-state index is 14.3. The van der Waals surface area contributed by atoms with Crippen LogP contribution >= 0.6 is 0 Å². The van der Waals surface area contributed by atoms with E-state index in [2.05, 4.69) is 4.98 Å². The number of hydrogen-bond donors (Lipinski definition) is 0. The van der Waals surface area contributed by atoms with Crippen LogP contribution in [0, 0.1) is 17.5 Å². The number of benzene rings is 2. The first-order chi connectivity index (χ1) is 14.5. The van der Waals surface area contributed by atoms with E-state index in [0.717, 1.165) is 36.4 Å². The number of hydrogen-bond acceptors (Lipinski definition) is 2. The molecule has 0 saturated heterocycles. The molecule has 1 aromatic heterocycles. The van der Waals surface area contributed by atoms with E-state index in [1.54, 1.807) is 0 Å². The quantitative estimate of drug-likeness (QED) is 0.331. The number of rotatable bonds is 9. The van der Waals surface area contributed by atoms with Crippen molar-refractivity contribution in [2.24, 2.45) is 0 Å². The number of nitrogens with zero attached hydrogens (tertiary/aromatic N) is 3. The summed E-state index contributed by atoms with van der Waals surface area (Å²) >= 11 is 0. The summed E-state index contributed by atoms with van der Waals surface area (Å²) in [4.78, 5) is 19.1. The summed E-state index contributed by atoms with van der Waals surface area (Å²) in [5.74, 6) is -3.99. The van der Waals surface area contributed by atoms with E-state index >= 15 is 0 Å². The number of amides is 1. The lowest BCUT2D eigenvalue weighted by Gasteiger charge is -2.23. The average molecular weight is 417 g/mol. The summed E-state index contributed by atoms with van der Waals surface area (Å²) in [5.41, 5.74) is 0.882. The van der Waals surface area contributed by atoms with Gasteiger partial charge in [-0.3, -0.25) is 4.79 Å². The summed E-state index contributed by atoms with van der Waals surface area (Å²) in [6.07, 6.45) is 3.33. The number of carbonyl (C=O) groups excluding carboxylic acids is 1. The van der Waals surface area contributed by atoms with Crippen LogP contribution in [0.25, 0.3) is 11.0 Å². The molecule has 0 aliphatic carbocycles. The molecule has 30 heavy (non-hydrogen) atoms. The van der Waals surface area contributed by atoms with Crippen LogP contribution in [0.2, 0.25) is 0 Å². The Bertz CT molecular complexity index is 1030. The first kappa shape index (κ1) is 21.9. The van der Waals surface area contributed by atoms with E-state index in [1.807, 2.05) is 42.7 Å². The molecule has 3 rings (SSSR count). The smallest absolute Gasteiger partial charge is 0.260 e. The normalized spacial score (nSPS) is 11.2. The highest BCUT2D eigenvalue weighted by molar-refractivity contribution is 5.94. The van der Waals surface area contributed by atoms with Gasteiger partial charge in [0.25, 0.3) is 5.91 Å². The van der Waals surface area contributed by atoms with Crippen molar-refractivity contribution >= 4 is 16.9 Å². The van der Waals surface area contributed by atoms with E-state index in [9.17, 15) is 18.0 Å². The highest BCUT2D eigenvalue weighted by Crippen LogP contribution is 2.22. The number of fused-ring (bicyclic) bond motifs is 1. The molecule has 0 bridgehead atoms. The Labute approximate surface area is 174 Å². The second-order valence-corrected chi connectivity index (χ2v) is 7.32. The molecule has 2 aromatic carbocycles. The average Bonchev–Trinajstić information content (AvgIpc) is 3.08. The van der Waals surface area contributed by atoms with Gasteiger partial charge in [0.1, 0.15) is 17.2 Å². The Balaban J connectivity index is 1.99. The zero-order valence-corrected chi connectivity index (χ0v) is 17.3. The predicted octanol–water partition coefficient (Wildman–Crippen LogP) is 5.70. The number of para-hydroxylation sites is 2. The fraction of sp³-hybridized carbons (Fsp3) is 0.391. The molecule has 1 heterocycles. The third kappa shape index (κ3) is 4.50. The highest BCUT2D eigenvalue weighted by Gasteiger charge is 2.27. The lowest BCUT2D eigenvalue weighted by Crippen LogP contribution is -2.34. The van der Waals surface area contributed by atoms with Gasteiger partial charge in [-0.2, -0.15) is 0 Å². The van der Waals surface area contributed by atoms with Gasteiger partial charge in [-0.15, -0.1) is 0 Å². The first-order valence-electron chi connectivity index (χ1n) is 10.3. The van der Waals surface area contributed by atoms with Gasteiger partial charge in [-0.25, -0.2) is 18.2 Å². The molecule has 160 valence electrons. The minimum atomic E-state index is -1.46. The molecule has 0 spiro atoms. The molecular weight excluding hydrogens is 391 g/mol. The standard InChI is InChI=1S/C23H26F3N3O/c1-3-5-8-14-28(23(30)21-16(24)11-12-17(25)22(21)26)15-20-27-18-9-6-7-10-19(18)29(20)13-4-2/h6-7,9-12H,3-5,8,13-15H2,1-2H3. The Morgan fingerprint density at radius 3 is 2.47 bits per heavy atom. The summed E-state index contributed by atoms with van der Waals surface area (Å²) in [5, 5.41) is 0. The first-order valence-corrected chi connectivity index (χ1v) is 10.3. The monoisotopic (exact) mass is 417 g/mol. The molecule has 7 heteroatoms. The van der Waals surface area contributed by atoms with Crippen LogP contribution in [0.4, 0.5) is 13.2 Å². The van der Waals surface area contributed by atoms with Crippen molar-refractivity contribution in [3.05, 3.63) is 65.2 Å². The van der Waals surface area contributed by atoms with Crippen LogP contribution in [0.15, 0.2) is 36.4 Å². The van der Waals surface area contributed by atoms with Crippen molar-refractivity contribution in [3.63, 3.8) is 0 Å². The summed E-state index contributed by atoms with van der Waals surface area (Å²) in [6, 6.07) is 9.11. The zero-order chi connectivity index (χ0) is 21.7. The molecule has 0 aliphatic heterocycles. The maximum atomic E-state index is 14.3. The maximum Gasteiger partial charge on any atom is 0.260 e. The van der Waals surface area contributed by atoms with Gasteiger partial charge in [-0.1, -0.05) is 38.8 Å². The number of halogens is 3. The largest absolute Gasteiger partial charge is 0.331 e. The van der Waals surface area contributed by atoms with Gasteiger partial charge < -0.3 is 9.47 Å². The Morgan fingerprint density at radius 1 is 1.00 bits per heavy atom. The van der Waals surface area contributed by atoms with Crippen LogP contribution in [-0.2, 0) is 13.1 Å². The molecule has 1 amide bonds. The van der Waals surface area contributed by atoms with Crippen molar-refractivity contribution in [2.75, 3.05) is 6.54 Å². The number of unbranched alkanes of at least 4 members (excludes halogenated alkanes) is 2. The molecule has 3 aromatic rings. The van der Waals surface area contributed by atoms with E-state index in [-0.39, 0.29) is 6.54 Å². The molecular formula is C23H26F3N3O. The van der Waals surface area contributed by atoms with Crippen LogP contribution in [0.5, 0.6) is 0 Å². The van der Waals surface area contributed by atoms with Gasteiger partial charge in [0.05, 0.1) is 17.6 Å². The van der Waals surface area contributed by atoms with E-state index in [1.165, 1.54) is 4.90 Å². The van der Waals surface area contributed by atoms with Crippen molar-refractivity contribution in [1.82, 2.24) is 14.5 Å². The third-order valence-electron chi connectivity index (χ3n) is 5.09. The van der Waals surface area contributed by atoms with Crippen LogP contribution < -0.4 is 0 Å². The van der Waals surface area contributed by atoms with E-state index in [4.69, 9.17) is 0 Å². The van der Waals surface area contributed by atoms with Crippen molar-refractivity contribution in [1.29, 1.82) is 0 Å². The van der Waals surface area contributed by atoms with Crippen LogP contribution in [-0.4, -0.2) is 26.9 Å². The zero-order valence-electron chi connectivity index (χ0n) is 17.3. The van der Waals surface area contributed by atoms with E-state index in [0.29, 0.717) is 31.4 Å². The minimum absolute atomic E-state index is 0.0899. The van der Waals surface area contributed by atoms with Crippen molar-refractivity contribution in [3.8, 4) is 0 Å². The van der Waals surface area contributed by atoms with Gasteiger partial charge >= 0.3 is 0 Å². The molecule has 0 saturated carbocycles. The number of aryl methyl sites for hydroxylation is 1. The topological polar surface area (TPSA) is 38.1 Å². The fourth-order valence-electron chi connectivity index (χ4n) is 3.58. The Morgan fingerprint density at radius 2 is 1.73 bits per heavy atom. The second-order valence-electron chi connectivity index (χ2n) is 7.32. The Kier molecular flexibility index (Phi) is 7.13. The summed E-state index contributed by atoms with van der Waals surface area (Å²) in [6.45, 7) is 5.17. The molecule has 0 radical (unpaired) electrons. The Hall–Kier alpha value is -2.83. The van der Waals surface area contributed by atoms with Gasteiger partial charge in [0.2, 0.25) is 0 Å². The van der Waals surface area contributed by atoms with Crippen LogP contribution in [0.1, 0.15) is 55.7 Å². The lowest BCUT2D eigenvalue weighted by molar-refractivity contribution is 0.0722. The molecule has 0 N–H and O–H groups in total.